The zero-order valence-corrected chi connectivity index (χ0v) is 13.5. The van der Waals surface area contributed by atoms with Crippen molar-refractivity contribution < 1.29 is 14.3 Å². The molecule has 108 valence electrons. The van der Waals surface area contributed by atoms with Crippen molar-refractivity contribution in [3.05, 3.63) is 63.7 Å². The van der Waals surface area contributed by atoms with E-state index in [1.165, 1.54) is 0 Å². The minimum atomic E-state index is -0.867. The van der Waals surface area contributed by atoms with E-state index in [0.717, 1.165) is 3.57 Å². The zero-order valence-electron chi connectivity index (χ0n) is 11.4. The van der Waals surface area contributed by atoms with Crippen LogP contribution < -0.4 is 5.32 Å². The van der Waals surface area contributed by atoms with Crippen LogP contribution in [0.2, 0.25) is 0 Å². The first kappa shape index (κ1) is 15.5. The summed E-state index contributed by atoms with van der Waals surface area (Å²) in [6.07, 6.45) is -0.867. The van der Waals surface area contributed by atoms with Gasteiger partial charge in [-0.1, -0.05) is 30.3 Å². The van der Waals surface area contributed by atoms with E-state index < -0.39 is 12.1 Å². The molecule has 0 saturated heterocycles. The number of anilines is 1. The van der Waals surface area contributed by atoms with Crippen molar-refractivity contribution in [3.63, 3.8) is 0 Å². The fourth-order valence-corrected chi connectivity index (χ4v) is 2.28. The number of esters is 1. The highest BCUT2D eigenvalue weighted by Gasteiger charge is 2.20. The number of benzene rings is 2. The third-order valence-corrected chi connectivity index (χ3v) is 3.73. The number of hydrogen-bond donors (Lipinski definition) is 1. The molecule has 0 spiro atoms. The number of carbonyl (C=O) groups excluding carboxylic acids is 2. The third kappa shape index (κ3) is 4.29. The molecule has 2 rings (SSSR count). The molecule has 0 fully saturated rings. The van der Waals surface area contributed by atoms with Gasteiger partial charge in [0.1, 0.15) is 0 Å². The molecule has 1 atom stereocenters. The Morgan fingerprint density at radius 3 is 2.33 bits per heavy atom. The second-order valence-corrected chi connectivity index (χ2v) is 5.54. The molecule has 0 heterocycles. The summed E-state index contributed by atoms with van der Waals surface area (Å²) < 4.78 is 5.98. The summed E-state index contributed by atoms with van der Waals surface area (Å²) in [4.78, 5) is 24.0. The van der Waals surface area contributed by atoms with Crippen molar-refractivity contribution in [1.82, 2.24) is 0 Å². The van der Waals surface area contributed by atoms with Crippen LogP contribution in [0.15, 0.2) is 54.6 Å². The van der Waals surface area contributed by atoms with Crippen molar-refractivity contribution in [2.45, 2.75) is 13.0 Å². The molecule has 0 aromatic heterocycles. The fourth-order valence-electron chi connectivity index (χ4n) is 1.67. The van der Waals surface area contributed by atoms with Gasteiger partial charge >= 0.3 is 5.97 Å². The molecule has 1 N–H and O–H groups in total. The molecule has 0 aliphatic heterocycles. The Balaban J connectivity index is 1.98. The standard InChI is InChI=1S/C16H14INO3/c1-11(15(19)18-12-7-3-2-4-8-12)21-16(20)13-9-5-6-10-14(13)17/h2-11H,1H3,(H,18,19)/t11-/m1/s1. The molecule has 0 radical (unpaired) electrons. The molecule has 1 amide bonds. The minimum Gasteiger partial charge on any atom is -0.449 e. The molecule has 2 aromatic rings. The number of carbonyl (C=O) groups is 2. The lowest BCUT2D eigenvalue weighted by Crippen LogP contribution is -2.30. The van der Waals surface area contributed by atoms with Crippen molar-refractivity contribution >= 4 is 40.2 Å². The largest absolute Gasteiger partial charge is 0.449 e. The van der Waals surface area contributed by atoms with Crippen LogP contribution in [0.3, 0.4) is 0 Å². The lowest BCUT2D eigenvalue weighted by Gasteiger charge is -2.14. The van der Waals surface area contributed by atoms with E-state index in [9.17, 15) is 9.59 Å². The topological polar surface area (TPSA) is 55.4 Å². The predicted molar refractivity (Wildman–Crippen MR) is 89.1 cm³/mol. The molecule has 2 aromatic carbocycles. The van der Waals surface area contributed by atoms with Crippen LogP contribution in [0.1, 0.15) is 17.3 Å². The molecule has 0 aliphatic carbocycles. The van der Waals surface area contributed by atoms with Crippen LogP contribution in [-0.4, -0.2) is 18.0 Å². The van der Waals surface area contributed by atoms with Crippen molar-refractivity contribution in [2.24, 2.45) is 0 Å². The molecule has 0 aliphatic rings. The molecule has 4 nitrogen and oxygen atoms in total. The Morgan fingerprint density at radius 1 is 1.05 bits per heavy atom. The maximum absolute atomic E-state index is 12.0. The van der Waals surface area contributed by atoms with Crippen LogP contribution in [0.5, 0.6) is 0 Å². The average molecular weight is 395 g/mol. The number of halogens is 1. The van der Waals surface area contributed by atoms with Crippen molar-refractivity contribution in [1.29, 1.82) is 0 Å². The molecule has 5 heteroatoms. The maximum atomic E-state index is 12.0. The summed E-state index contributed by atoms with van der Waals surface area (Å²) in [6, 6.07) is 16.1. The summed E-state index contributed by atoms with van der Waals surface area (Å²) in [5, 5.41) is 2.70. The smallest absolute Gasteiger partial charge is 0.339 e. The zero-order chi connectivity index (χ0) is 15.2. The SMILES string of the molecule is C[C@@H](OC(=O)c1ccccc1I)C(=O)Nc1ccccc1. The minimum absolute atomic E-state index is 0.361. The lowest BCUT2D eigenvalue weighted by atomic mass is 10.2. The Morgan fingerprint density at radius 2 is 1.67 bits per heavy atom. The predicted octanol–water partition coefficient (Wildman–Crippen LogP) is 3.48. The Bertz CT molecular complexity index is 643. The van der Waals surface area contributed by atoms with E-state index in [0.29, 0.717) is 11.3 Å². The molecule has 0 unspecified atom stereocenters. The van der Waals surface area contributed by atoms with Crippen LogP contribution in [-0.2, 0) is 9.53 Å². The Kier molecular flexibility index (Phi) is 5.32. The van der Waals surface area contributed by atoms with E-state index >= 15 is 0 Å². The van der Waals surface area contributed by atoms with E-state index in [2.05, 4.69) is 27.9 Å². The van der Waals surface area contributed by atoms with Gasteiger partial charge in [0.05, 0.1) is 5.56 Å². The normalized spacial score (nSPS) is 11.5. The molecular formula is C16H14INO3. The van der Waals surface area contributed by atoms with Crippen LogP contribution in [0, 0.1) is 3.57 Å². The van der Waals surface area contributed by atoms with E-state index in [4.69, 9.17) is 4.74 Å². The lowest BCUT2D eigenvalue weighted by molar-refractivity contribution is -0.123. The maximum Gasteiger partial charge on any atom is 0.339 e. The van der Waals surface area contributed by atoms with E-state index in [1.54, 1.807) is 31.2 Å². The summed E-state index contributed by atoms with van der Waals surface area (Å²) in [7, 11) is 0. The second-order valence-electron chi connectivity index (χ2n) is 4.38. The number of para-hydroxylation sites is 1. The number of amides is 1. The van der Waals surface area contributed by atoms with Crippen LogP contribution in [0.4, 0.5) is 5.69 Å². The highest BCUT2D eigenvalue weighted by atomic mass is 127. The van der Waals surface area contributed by atoms with Gasteiger partial charge in [-0.05, 0) is 53.8 Å². The monoisotopic (exact) mass is 395 g/mol. The highest BCUT2D eigenvalue weighted by Crippen LogP contribution is 2.14. The van der Waals surface area contributed by atoms with Gasteiger partial charge in [0.15, 0.2) is 6.10 Å². The molecule has 21 heavy (non-hydrogen) atoms. The van der Waals surface area contributed by atoms with Gasteiger partial charge in [0.25, 0.3) is 5.91 Å². The molecule has 0 saturated carbocycles. The highest BCUT2D eigenvalue weighted by molar-refractivity contribution is 14.1. The van der Waals surface area contributed by atoms with Gasteiger partial charge in [-0.2, -0.15) is 0 Å². The number of nitrogens with one attached hydrogen (secondary N) is 1. The van der Waals surface area contributed by atoms with Gasteiger partial charge in [-0.3, -0.25) is 4.79 Å². The van der Waals surface area contributed by atoms with Crippen molar-refractivity contribution in [3.8, 4) is 0 Å². The number of hydrogen-bond acceptors (Lipinski definition) is 3. The van der Waals surface area contributed by atoms with Gasteiger partial charge < -0.3 is 10.1 Å². The average Bonchev–Trinajstić information content (AvgIpc) is 2.48. The van der Waals surface area contributed by atoms with Crippen LogP contribution in [0.25, 0.3) is 0 Å². The van der Waals surface area contributed by atoms with Gasteiger partial charge in [0, 0.05) is 9.26 Å². The van der Waals surface area contributed by atoms with E-state index in [-0.39, 0.29) is 5.91 Å². The number of rotatable bonds is 4. The third-order valence-electron chi connectivity index (χ3n) is 2.79. The van der Waals surface area contributed by atoms with E-state index in [1.807, 2.05) is 30.3 Å². The molecule has 0 bridgehead atoms. The summed E-state index contributed by atoms with van der Waals surface area (Å²) in [5.74, 6) is -0.865. The van der Waals surface area contributed by atoms with Crippen LogP contribution >= 0.6 is 22.6 Å². The van der Waals surface area contributed by atoms with Gasteiger partial charge in [-0.15, -0.1) is 0 Å². The first-order valence-corrected chi connectivity index (χ1v) is 7.47. The summed E-state index contributed by atoms with van der Waals surface area (Å²) in [5.41, 5.74) is 1.12. The first-order valence-electron chi connectivity index (χ1n) is 6.39. The second kappa shape index (κ2) is 7.21. The first-order chi connectivity index (χ1) is 10.1. The fraction of sp³-hybridized carbons (Fsp3) is 0.125. The Hall–Kier alpha value is -1.89. The summed E-state index contributed by atoms with van der Waals surface area (Å²) in [6.45, 7) is 1.55. The number of ether oxygens (including phenoxy) is 1. The Labute approximate surface area is 136 Å². The van der Waals surface area contributed by atoms with Crippen molar-refractivity contribution in [2.75, 3.05) is 5.32 Å². The van der Waals surface area contributed by atoms with Gasteiger partial charge in [-0.25, -0.2) is 4.79 Å². The quantitative estimate of drug-likeness (QED) is 0.637. The summed E-state index contributed by atoms with van der Waals surface area (Å²) >= 11 is 2.06. The molecular weight excluding hydrogens is 381 g/mol. The van der Waals surface area contributed by atoms with Gasteiger partial charge in [0.2, 0.25) is 0 Å².